The summed E-state index contributed by atoms with van der Waals surface area (Å²) in [7, 11) is 0. The van der Waals surface area contributed by atoms with E-state index in [1.54, 1.807) is 0 Å². The highest BCUT2D eigenvalue weighted by Crippen LogP contribution is 2.17. The highest BCUT2D eigenvalue weighted by molar-refractivity contribution is 5.85. The van der Waals surface area contributed by atoms with E-state index in [2.05, 4.69) is 4.98 Å². The van der Waals surface area contributed by atoms with Crippen molar-refractivity contribution in [2.75, 3.05) is 0 Å². The van der Waals surface area contributed by atoms with E-state index in [-0.39, 0.29) is 19.0 Å². The van der Waals surface area contributed by atoms with Crippen LogP contribution in [0.15, 0.2) is 12.5 Å². The van der Waals surface area contributed by atoms with Gasteiger partial charge in [-0.1, -0.05) is 0 Å². The molecular formula is C6H9ClF3N3. The van der Waals surface area contributed by atoms with Crippen LogP contribution in [0.2, 0.25) is 0 Å². The van der Waals surface area contributed by atoms with Crippen LogP contribution in [0.5, 0.6) is 0 Å². The first kappa shape index (κ1) is 12.2. The summed E-state index contributed by atoms with van der Waals surface area (Å²) in [4.78, 5) is 3.66. The Bertz CT molecular complexity index is 258. The lowest BCUT2D eigenvalue weighted by Gasteiger charge is -2.05. The van der Waals surface area contributed by atoms with Gasteiger partial charge >= 0.3 is 6.18 Å². The number of aromatic nitrogens is 2. The number of halogens is 4. The molecule has 3 nitrogen and oxygen atoms in total. The maximum atomic E-state index is 11.8. The third-order valence-corrected chi connectivity index (χ3v) is 1.26. The molecule has 1 heterocycles. The van der Waals surface area contributed by atoms with Gasteiger partial charge in [0.15, 0.2) is 0 Å². The van der Waals surface area contributed by atoms with Crippen LogP contribution in [0, 0.1) is 0 Å². The summed E-state index contributed by atoms with van der Waals surface area (Å²) < 4.78 is 36.3. The minimum atomic E-state index is -4.20. The lowest BCUT2D eigenvalue weighted by molar-refractivity contribution is -0.140. The van der Waals surface area contributed by atoms with Gasteiger partial charge in [0, 0.05) is 12.7 Å². The smallest absolute Gasteiger partial charge is 0.328 e. The molecule has 13 heavy (non-hydrogen) atoms. The van der Waals surface area contributed by atoms with Crippen molar-refractivity contribution in [3.05, 3.63) is 18.2 Å². The second-order valence-corrected chi connectivity index (χ2v) is 2.36. The summed E-state index contributed by atoms with van der Waals surface area (Å²) in [5.74, 6) is 0. The zero-order valence-corrected chi connectivity index (χ0v) is 7.40. The maximum Gasteiger partial charge on any atom is 0.406 e. The third kappa shape index (κ3) is 4.14. The number of nitrogens with two attached hydrogens (primary N) is 1. The van der Waals surface area contributed by atoms with Crippen LogP contribution in [0.1, 0.15) is 5.69 Å². The summed E-state index contributed by atoms with van der Waals surface area (Å²) in [6.07, 6.45) is -1.80. The van der Waals surface area contributed by atoms with Gasteiger partial charge in [-0.2, -0.15) is 13.2 Å². The summed E-state index contributed by atoms with van der Waals surface area (Å²) in [6, 6.07) is 0. The number of hydrogen-bond acceptors (Lipinski definition) is 2. The molecule has 1 aromatic rings. The summed E-state index contributed by atoms with van der Waals surface area (Å²) in [6.45, 7) is -0.856. The summed E-state index contributed by atoms with van der Waals surface area (Å²) in [5, 5.41) is 0. The molecule has 76 valence electrons. The van der Waals surface area contributed by atoms with E-state index >= 15 is 0 Å². The minimum Gasteiger partial charge on any atom is -0.328 e. The molecule has 0 aromatic carbocycles. The van der Waals surface area contributed by atoms with E-state index in [0.29, 0.717) is 5.69 Å². The number of imidazole rings is 1. The first-order valence-electron chi connectivity index (χ1n) is 3.29. The molecule has 0 bridgehead atoms. The van der Waals surface area contributed by atoms with Crippen molar-refractivity contribution >= 4 is 12.4 Å². The van der Waals surface area contributed by atoms with E-state index in [9.17, 15) is 13.2 Å². The average Bonchev–Trinajstić information content (AvgIpc) is 2.32. The van der Waals surface area contributed by atoms with E-state index in [1.165, 1.54) is 6.20 Å². The monoisotopic (exact) mass is 215 g/mol. The lowest BCUT2D eigenvalue weighted by atomic mass is 10.5. The molecule has 0 amide bonds. The molecule has 0 saturated heterocycles. The molecule has 0 atom stereocenters. The van der Waals surface area contributed by atoms with Crippen molar-refractivity contribution in [2.24, 2.45) is 5.73 Å². The standard InChI is InChI=1S/C6H8F3N3.ClH/c7-6(8,9)3-12-2-5(1-10)11-4-12;/h2,4H,1,3,10H2;1H. The largest absolute Gasteiger partial charge is 0.406 e. The van der Waals surface area contributed by atoms with Crippen molar-refractivity contribution in [1.29, 1.82) is 0 Å². The molecule has 0 unspecified atom stereocenters. The molecular weight excluding hydrogens is 207 g/mol. The highest BCUT2D eigenvalue weighted by atomic mass is 35.5. The molecule has 0 fully saturated rings. The van der Waals surface area contributed by atoms with E-state index in [0.717, 1.165) is 10.9 Å². The van der Waals surface area contributed by atoms with Gasteiger partial charge in [-0.3, -0.25) is 0 Å². The molecule has 0 aliphatic heterocycles. The Morgan fingerprint density at radius 1 is 1.46 bits per heavy atom. The first-order chi connectivity index (χ1) is 5.51. The van der Waals surface area contributed by atoms with Gasteiger partial charge in [0.2, 0.25) is 0 Å². The van der Waals surface area contributed by atoms with Crippen molar-refractivity contribution in [3.8, 4) is 0 Å². The predicted octanol–water partition coefficient (Wildman–Crippen LogP) is 1.33. The number of nitrogens with zero attached hydrogens (tertiary/aromatic N) is 2. The number of rotatable bonds is 2. The normalized spacial score (nSPS) is 11.1. The molecule has 0 aliphatic rings. The van der Waals surface area contributed by atoms with Gasteiger partial charge in [0.25, 0.3) is 0 Å². The van der Waals surface area contributed by atoms with Gasteiger partial charge < -0.3 is 10.3 Å². The van der Waals surface area contributed by atoms with Gasteiger partial charge in [0.1, 0.15) is 6.54 Å². The molecule has 1 aromatic heterocycles. The fourth-order valence-electron chi connectivity index (χ4n) is 0.805. The Labute approximate surface area is 79.2 Å². The van der Waals surface area contributed by atoms with E-state index in [1.807, 2.05) is 0 Å². The molecule has 7 heteroatoms. The Morgan fingerprint density at radius 3 is 2.46 bits per heavy atom. The predicted molar refractivity (Wildman–Crippen MR) is 43.4 cm³/mol. The van der Waals surface area contributed by atoms with Gasteiger partial charge in [-0.05, 0) is 0 Å². The van der Waals surface area contributed by atoms with Crippen LogP contribution in [0.25, 0.3) is 0 Å². The Balaban J connectivity index is 0.00000144. The van der Waals surface area contributed by atoms with Crippen molar-refractivity contribution in [2.45, 2.75) is 19.3 Å². The fourth-order valence-corrected chi connectivity index (χ4v) is 0.805. The van der Waals surface area contributed by atoms with Gasteiger partial charge in [0.05, 0.1) is 12.0 Å². The average molecular weight is 216 g/mol. The number of alkyl halides is 3. The first-order valence-corrected chi connectivity index (χ1v) is 3.29. The Hall–Kier alpha value is -0.750. The topological polar surface area (TPSA) is 43.8 Å². The van der Waals surface area contributed by atoms with Gasteiger partial charge in [-0.15, -0.1) is 12.4 Å². The van der Waals surface area contributed by atoms with Crippen LogP contribution >= 0.6 is 12.4 Å². The second-order valence-electron chi connectivity index (χ2n) is 2.36. The summed E-state index contributed by atoms with van der Waals surface area (Å²) >= 11 is 0. The Kier molecular flexibility index (Phi) is 4.22. The van der Waals surface area contributed by atoms with Crippen LogP contribution < -0.4 is 5.73 Å². The quantitative estimate of drug-likeness (QED) is 0.809. The highest BCUT2D eigenvalue weighted by Gasteiger charge is 2.27. The van der Waals surface area contributed by atoms with E-state index in [4.69, 9.17) is 5.73 Å². The Morgan fingerprint density at radius 2 is 2.08 bits per heavy atom. The van der Waals surface area contributed by atoms with Crippen molar-refractivity contribution in [1.82, 2.24) is 9.55 Å². The molecule has 2 N–H and O–H groups in total. The van der Waals surface area contributed by atoms with Crippen LogP contribution in [0.3, 0.4) is 0 Å². The molecule has 0 spiro atoms. The zero-order valence-electron chi connectivity index (χ0n) is 6.58. The van der Waals surface area contributed by atoms with Crippen LogP contribution in [-0.4, -0.2) is 15.7 Å². The fraction of sp³-hybridized carbons (Fsp3) is 0.500. The van der Waals surface area contributed by atoms with Crippen LogP contribution in [0.4, 0.5) is 13.2 Å². The second kappa shape index (κ2) is 4.48. The molecule has 0 radical (unpaired) electrons. The lowest BCUT2D eigenvalue weighted by Crippen LogP contribution is -2.16. The SMILES string of the molecule is Cl.NCc1cn(CC(F)(F)F)cn1. The third-order valence-electron chi connectivity index (χ3n) is 1.26. The maximum absolute atomic E-state index is 11.8. The van der Waals surface area contributed by atoms with Crippen LogP contribution in [-0.2, 0) is 13.1 Å². The summed E-state index contributed by atoms with van der Waals surface area (Å²) in [5.41, 5.74) is 5.63. The van der Waals surface area contributed by atoms with E-state index < -0.39 is 12.7 Å². The molecule has 1 rings (SSSR count). The minimum absolute atomic E-state index is 0. The molecule has 0 saturated carbocycles. The number of hydrogen-bond donors (Lipinski definition) is 1. The van der Waals surface area contributed by atoms with Crippen molar-refractivity contribution < 1.29 is 13.2 Å². The zero-order chi connectivity index (χ0) is 9.19. The molecule has 0 aliphatic carbocycles. The van der Waals surface area contributed by atoms with Gasteiger partial charge in [-0.25, -0.2) is 4.98 Å². The van der Waals surface area contributed by atoms with Crippen molar-refractivity contribution in [3.63, 3.8) is 0 Å².